The maximum atomic E-state index is 5.22. The van der Waals surface area contributed by atoms with Crippen molar-refractivity contribution in [2.24, 2.45) is 0 Å². The van der Waals surface area contributed by atoms with Crippen LogP contribution in [0, 0.1) is 0 Å². The molecule has 5 heteroatoms. The van der Waals surface area contributed by atoms with Gasteiger partial charge in [0.1, 0.15) is 0 Å². The van der Waals surface area contributed by atoms with Gasteiger partial charge in [-0.25, -0.2) is 0 Å². The molecule has 102 valence electrons. The van der Waals surface area contributed by atoms with Crippen molar-refractivity contribution in [3.63, 3.8) is 0 Å². The molecule has 0 spiro atoms. The average Bonchev–Trinajstić information content (AvgIpc) is 2.85. The molecule has 2 aromatic heterocycles. The highest BCUT2D eigenvalue weighted by atomic mass is 16.5. The second-order valence-corrected chi connectivity index (χ2v) is 4.66. The maximum Gasteiger partial charge on any atom is 0.240 e. The summed E-state index contributed by atoms with van der Waals surface area (Å²) in [5, 5.41) is 3.95. The van der Waals surface area contributed by atoms with Crippen LogP contribution in [0.3, 0.4) is 0 Å². The molecular formula is C14H20N4O. The fraction of sp³-hybridized carbons (Fsp3) is 0.500. The van der Waals surface area contributed by atoms with Gasteiger partial charge in [-0.2, -0.15) is 4.98 Å². The third-order valence-corrected chi connectivity index (χ3v) is 2.86. The van der Waals surface area contributed by atoms with Gasteiger partial charge in [-0.05, 0) is 25.6 Å². The zero-order valence-electron chi connectivity index (χ0n) is 11.5. The highest BCUT2D eigenvalue weighted by molar-refractivity contribution is 5.03. The molecule has 0 saturated heterocycles. The van der Waals surface area contributed by atoms with Crippen molar-refractivity contribution in [1.82, 2.24) is 20.0 Å². The van der Waals surface area contributed by atoms with Crippen molar-refractivity contribution in [2.45, 2.75) is 32.7 Å². The number of aryl methyl sites for hydroxylation is 1. The first-order valence-electron chi connectivity index (χ1n) is 6.68. The normalized spacial score (nSPS) is 11.1. The Morgan fingerprint density at radius 3 is 2.89 bits per heavy atom. The van der Waals surface area contributed by atoms with Crippen molar-refractivity contribution < 1.29 is 4.52 Å². The highest BCUT2D eigenvalue weighted by Gasteiger charge is 2.08. The fourth-order valence-electron chi connectivity index (χ4n) is 1.84. The van der Waals surface area contributed by atoms with Crippen LogP contribution in [0.4, 0.5) is 0 Å². The fourth-order valence-corrected chi connectivity index (χ4v) is 1.84. The van der Waals surface area contributed by atoms with Gasteiger partial charge in [0, 0.05) is 31.3 Å². The minimum absolute atomic E-state index is 0.684. The lowest BCUT2D eigenvalue weighted by Gasteiger charge is -2.13. The lowest BCUT2D eigenvalue weighted by atomic mass is 10.2. The van der Waals surface area contributed by atoms with E-state index in [1.54, 1.807) is 0 Å². The summed E-state index contributed by atoms with van der Waals surface area (Å²) in [5.41, 5.74) is 1.10. The van der Waals surface area contributed by atoms with E-state index in [2.05, 4.69) is 26.9 Å². The van der Waals surface area contributed by atoms with E-state index in [0.29, 0.717) is 12.4 Å². The second-order valence-electron chi connectivity index (χ2n) is 4.66. The smallest absolute Gasteiger partial charge is 0.240 e. The molecule has 2 aromatic rings. The standard InChI is InChI=1S/C14H20N4O/c1-3-6-13-16-14(19-17-13)11-18(2)10-8-12-7-4-5-9-15-12/h4-5,7,9H,3,6,8,10-11H2,1-2H3. The van der Waals surface area contributed by atoms with Gasteiger partial charge in [0.2, 0.25) is 5.89 Å². The summed E-state index contributed by atoms with van der Waals surface area (Å²) in [7, 11) is 2.05. The monoisotopic (exact) mass is 260 g/mol. The predicted octanol–water partition coefficient (Wildman–Crippen LogP) is 2.09. The number of hydrogen-bond acceptors (Lipinski definition) is 5. The van der Waals surface area contributed by atoms with Gasteiger partial charge in [0.15, 0.2) is 5.82 Å². The van der Waals surface area contributed by atoms with Gasteiger partial charge >= 0.3 is 0 Å². The van der Waals surface area contributed by atoms with E-state index in [9.17, 15) is 0 Å². The van der Waals surface area contributed by atoms with Gasteiger partial charge in [-0.3, -0.25) is 9.88 Å². The van der Waals surface area contributed by atoms with Crippen molar-refractivity contribution in [3.05, 3.63) is 41.8 Å². The van der Waals surface area contributed by atoms with Gasteiger partial charge in [0.25, 0.3) is 0 Å². The molecule has 0 fully saturated rings. The second kappa shape index (κ2) is 6.99. The topological polar surface area (TPSA) is 55.1 Å². The Balaban J connectivity index is 1.78. The number of aromatic nitrogens is 3. The Labute approximate surface area is 113 Å². The van der Waals surface area contributed by atoms with E-state index >= 15 is 0 Å². The summed E-state index contributed by atoms with van der Waals surface area (Å²) in [6, 6.07) is 5.98. The molecule has 0 radical (unpaired) electrons. The van der Waals surface area contributed by atoms with Crippen molar-refractivity contribution >= 4 is 0 Å². The predicted molar refractivity (Wildman–Crippen MR) is 72.6 cm³/mol. The SMILES string of the molecule is CCCc1noc(CN(C)CCc2ccccn2)n1. The number of rotatable bonds is 7. The van der Waals surface area contributed by atoms with E-state index in [4.69, 9.17) is 4.52 Å². The Morgan fingerprint density at radius 1 is 1.26 bits per heavy atom. The molecule has 0 atom stereocenters. The first kappa shape index (κ1) is 13.7. The number of pyridine rings is 1. The molecule has 0 aromatic carbocycles. The summed E-state index contributed by atoms with van der Waals surface area (Å²) in [5.74, 6) is 1.49. The largest absolute Gasteiger partial charge is 0.338 e. The molecule has 0 aliphatic heterocycles. The third-order valence-electron chi connectivity index (χ3n) is 2.86. The summed E-state index contributed by atoms with van der Waals surface area (Å²) in [6.45, 7) is 3.71. The zero-order chi connectivity index (χ0) is 13.5. The van der Waals surface area contributed by atoms with Crippen LogP contribution in [0.25, 0.3) is 0 Å². The molecule has 5 nitrogen and oxygen atoms in total. The lowest BCUT2D eigenvalue weighted by molar-refractivity contribution is 0.268. The number of likely N-dealkylation sites (N-methyl/N-ethyl adjacent to an activating group) is 1. The van der Waals surface area contributed by atoms with E-state index in [-0.39, 0.29) is 0 Å². The van der Waals surface area contributed by atoms with Crippen LogP contribution in [0.2, 0.25) is 0 Å². The van der Waals surface area contributed by atoms with Gasteiger partial charge in [0.05, 0.1) is 6.54 Å². The Morgan fingerprint density at radius 2 is 2.16 bits per heavy atom. The summed E-state index contributed by atoms with van der Waals surface area (Å²) in [6.07, 6.45) is 4.66. The Bertz CT molecular complexity index is 483. The summed E-state index contributed by atoms with van der Waals surface area (Å²) >= 11 is 0. The highest BCUT2D eigenvalue weighted by Crippen LogP contribution is 2.04. The van der Waals surface area contributed by atoms with Gasteiger partial charge in [-0.15, -0.1) is 0 Å². The molecular weight excluding hydrogens is 240 g/mol. The third kappa shape index (κ3) is 4.44. The molecule has 0 bridgehead atoms. The van der Waals surface area contributed by atoms with Crippen LogP contribution in [-0.2, 0) is 19.4 Å². The Kier molecular flexibility index (Phi) is 5.03. The average molecular weight is 260 g/mol. The van der Waals surface area contributed by atoms with Crippen LogP contribution in [-0.4, -0.2) is 33.6 Å². The molecule has 0 N–H and O–H groups in total. The molecule has 0 aliphatic carbocycles. The van der Waals surface area contributed by atoms with Crippen LogP contribution in [0.15, 0.2) is 28.9 Å². The molecule has 2 heterocycles. The molecule has 0 amide bonds. The number of hydrogen-bond donors (Lipinski definition) is 0. The molecule has 19 heavy (non-hydrogen) atoms. The van der Waals surface area contributed by atoms with Crippen molar-refractivity contribution in [2.75, 3.05) is 13.6 Å². The number of nitrogens with zero attached hydrogens (tertiary/aromatic N) is 4. The lowest BCUT2D eigenvalue weighted by Crippen LogP contribution is -2.21. The molecule has 0 unspecified atom stereocenters. The van der Waals surface area contributed by atoms with E-state index in [1.165, 1.54) is 0 Å². The van der Waals surface area contributed by atoms with Gasteiger partial charge < -0.3 is 4.52 Å². The quantitative estimate of drug-likeness (QED) is 0.763. The van der Waals surface area contributed by atoms with E-state index < -0.39 is 0 Å². The van der Waals surface area contributed by atoms with Crippen LogP contribution in [0.5, 0.6) is 0 Å². The molecule has 0 saturated carbocycles. The maximum absolute atomic E-state index is 5.22. The van der Waals surface area contributed by atoms with Crippen LogP contribution >= 0.6 is 0 Å². The summed E-state index contributed by atoms with van der Waals surface area (Å²) in [4.78, 5) is 10.8. The minimum Gasteiger partial charge on any atom is -0.338 e. The van der Waals surface area contributed by atoms with Crippen molar-refractivity contribution in [3.8, 4) is 0 Å². The summed E-state index contributed by atoms with van der Waals surface area (Å²) < 4.78 is 5.22. The Hall–Kier alpha value is -1.75. The van der Waals surface area contributed by atoms with E-state index in [1.807, 2.05) is 31.4 Å². The first-order valence-corrected chi connectivity index (χ1v) is 6.68. The van der Waals surface area contributed by atoms with E-state index in [0.717, 1.165) is 37.3 Å². The van der Waals surface area contributed by atoms with Crippen molar-refractivity contribution in [1.29, 1.82) is 0 Å². The zero-order valence-corrected chi connectivity index (χ0v) is 11.5. The molecule has 0 aliphatic rings. The first-order chi connectivity index (χ1) is 9.28. The van der Waals surface area contributed by atoms with Crippen LogP contribution in [0.1, 0.15) is 30.8 Å². The minimum atomic E-state index is 0.684. The van der Waals surface area contributed by atoms with Crippen LogP contribution < -0.4 is 0 Å². The van der Waals surface area contributed by atoms with Gasteiger partial charge in [-0.1, -0.05) is 18.1 Å². The molecule has 2 rings (SSSR count).